The van der Waals surface area contributed by atoms with Gasteiger partial charge in [0.25, 0.3) is 0 Å². The zero-order chi connectivity index (χ0) is 13.2. The Morgan fingerprint density at radius 2 is 2.37 bits per heavy atom. The minimum atomic E-state index is -0.230. The van der Waals surface area contributed by atoms with Crippen LogP contribution >= 0.6 is 0 Å². The number of carbonyl (C=O) groups excluding carboxylic acids is 1. The quantitative estimate of drug-likeness (QED) is 0.872. The fourth-order valence-corrected chi connectivity index (χ4v) is 2.63. The van der Waals surface area contributed by atoms with Crippen molar-refractivity contribution in [1.82, 2.24) is 14.9 Å². The molecule has 1 N–H and O–H groups in total. The molecule has 0 radical (unpaired) electrons. The summed E-state index contributed by atoms with van der Waals surface area (Å²) in [5, 5.41) is 2.96. The Morgan fingerprint density at radius 3 is 3.05 bits per heavy atom. The number of hydrogen-bond donors (Lipinski definition) is 1. The molecule has 5 nitrogen and oxygen atoms in total. The van der Waals surface area contributed by atoms with Crippen LogP contribution in [0.15, 0.2) is 6.20 Å². The van der Waals surface area contributed by atoms with E-state index >= 15 is 0 Å². The molecule has 1 aliphatic carbocycles. The van der Waals surface area contributed by atoms with Crippen LogP contribution in [0.3, 0.4) is 0 Å². The monoisotopic (exact) mass is 263 g/mol. The van der Waals surface area contributed by atoms with Gasteiger partial charge in [0.1, 0.15) is 11.9 Å². The summed E-state index contributed by atoms with van der Waals surface area (Å²) >= 11 is 0. The molecule has 0 aromatic carbocycles. The Morgan fingerprint density at radius 1 is 1.53 bits per heavy atom. The lowest BCUT2D eigenvalue weighted by Gasteiger charge is -2.13. The number of rotatable bonds is 5. The number of carbonyl (C=O) groups is 1. The number of hydrogen-bond acceptors (Lipinski definition) is 3. The van der Waals surface area contributed by atoms with Crippen molar-refractivity contribution in [1.29, 1.82) is 0 Å². The minimum Gasteiger partial charge on any atom is -0.368 e. The number of amides is 1. The standard InChI is InChI=1S/C14H21N3O2/c1-10-9-16-13(11-4-5-11)17(10)7-6-15-14(18)12-3-2-8-19-12/h9,11-12H,2-8H2,1H3,(H,15,18). The summed E-state index contributed by atoms with van der Waals surface area (Å²) in [4.78, 5) is 16.3. The molecule has 104 valence electrons. The van der Waals surface area contributed by atoms with Gasteiger partial charge in [-0.2, -0.15) is 0 Å². The average Bonchev–Trinajstić information content (AvgIpc) is 2.97. The highest BCUT2D eigenvalue weighted by Crippen LogP contribution is 2.39. The topological polar surface area (TPSA) is 56.2 Å². The first-order valence-electron chi connectivity index (χ1n) is 7.17. The highest BCUT2D eigenvalue weighted by atomic mass is 16.5. The van der Waals surface area contributed by atoms with Crippen molar-refractivity contribution in [2.45, 2.75) is 51.2 Å². The predicted molar refractivity (Wildman–Crippen MR) is 70.9 cm³/mol. The van der Waals surface area contributed by atoms with Gasteiger partial charge in [-0.1, -0.05) is 0 Å². The van der Waals surface area contributed by atoms with Gasteiger partial charge < -0.3 is 14.6 Å². The van der Waals surface area contributed by atoms with Crippen LogP contribution in [0.4, 0.5) is 0 Å². The van der Waals surface area contributed by atoms with E-state index in [0.29, 0.717) is 19.1 Å². The van der Waals surface area contributed by atoms with Gasteiger partial charge in [-0.3, -0.25) is 4.79 Å². The fraction of sp³-hybridized carbons (Fsp3) is 0.714. The Labute approximate surface area is 113 Å². The number of aromatic nitrogens is 2. The van der Waals surface area contributed by atoms with E-state index in [4.69, 9.17) is 4.74 Å². The summed E-state index contributed by atoms with van der Waals surface area (Å²) in [6.07, 6.45) is 6.03. The highest BCUT2D eigenvalue weighted by Gasteiger charge is 2.28. The highest BCUT2D eigenvalue weighted by molar-refractivity contribution is 5.80. The van der Waals surface area contributed by atoms with E-state index in [1.807, 2.05) is 6.20 Å². The van der Waals surface area contributed by atoms with Gasteiger partial charge in [-0.25, -0.2) is 4.98 Å². The molecule has 5 heteroatoms. The summed E-state index contributed by atoms with van der Waals surface area (Å²) in [6, 6.07) is 0. The lowest BCUT2D eigenvalue weighted by atomic mass is 10.2. The largest absolute Gasteiger partial charge is 0.368 e. The first kappa shape index (κ1) is 12.7. The van der Waals surface area contributed by atoms with Crippen LogP contribution in [0.2, 0.25) is 0 Å². The molecule has 1 unspecified atom stereocenters. The van der Waals surface area contributed by atoms with Crippen molar-refractivity contribution in [3.8, 4) is 0 Å². The smallest absolute Gasteiger partial charge is 0.249 e. The number of ether oxygens (including phenoxy) is 1. The third kappa shape index (κ3) is 2.81. The molecule has 3 rings (SSSR count). The van der Waals surface area contributed by atoms with E-state index in [2.05, 4.69) is 21.8 Å². The average molecular weight is 263 g/mol. The van der Waals surface area contributed by atoms with Gasteiger partial charge >= 0.3 is 0 Å². The molecule has 1 amide bonds. The van der Waals surface area contributed by atoms with E-state index in [0.717, 1.165) is 19.4 Å². The molecule has 1 aromatic rings. The Bertz CT molecular complexity index is 459. The van der Waals surface area contributed by atoms with Crippen LogP contribution in [0.5, 0.6) is 0 Å². The second-order valence-electron chi connectivity index (χ2n) is 5.48. The van der Waals surface area contributed by atoms with E-state index < -0.39 is 0 Å². The van der Waals surface area contributed by atoms with Crippen LogP contribution in [0, 0.1) is 6.92 Å². The van der Waals surface area contributed by atoms with Gasteiger partial charge in [0.15, 0.2) is 0 Å². The van der Waals surface area contributed by atoms with Gasteiger partial charge in [0, 0.05) is 37.5 Å². The SMILES string of the molecule is Cc1cnc(C2CC2)n1CCNC(=O)C1CCCO1. The van der Waals surface area contributed by atoms with Crippen molar-refractivity contribution in [3.05, 3.63) is 17.7 Å². The summed E-state index contributed by atoms with van der Waals surface area (Å²) in [5.41, 5.74) is 1.17. The maximum atomic E-state index is 11.8. The van der Waals surface area contributed by atoms with Gasteiger partial charge in [-0.15, -0.1) is 0 Å². The molecule has 0 spiro atoms. The molecule has 2 heterocycles. The summed E-state index contributed by atoms with van der Waals surface area (Å²) in [6.45, 7) is 4.23. The van der Waals surface area contributed by atoms with Crippen molar-refractivity contribution in [2.24, 2.45) is 0 Å². The van der Waals surface area contributed by atoms with Crippen molar-refractivity contribution >= 4 is 5.91 Å². The molecule has 19 heavy (non-hydrogen) atoms. The zero-order valence-electron chi connectivity index (χ0n) is 11.4. The molecule has 0 bridgehead atoms. The van der Waals surface area contributed by atoms with Crippen LogP contribution in [0.1, 0.15) is 43.1 Å². The van der Waals surface area contributed by atoms with Crippen LogP contribution in [-0.4, -0.2) is 34.7 Å². The van der Waals surface area contributed by atoms with E-state index in [9.17, 15) is 4.79 Å². The molecule has 1 saturated carbocycles. The van der Waals surface area contributed by atoms with Crippen molar-refractivity contribution in [2.75, 3.05) is 13.2 Å². The van der Waals surface area contributed by atoms with Gasteiger partial charge in [-0.05, 0) is 32.6 Å². The summed E-state index contributed by atoms with van der Waals surface area (Å²) in [7, 11) is 0. The van der Waals surface area contributed by atoms with E-state index in [1.165, 1.54) is 24.4 Å². The maximum absolute atomic E-state index is 11.8. The number of nitrogens with one attached hydrogen (secondary N) is 1. The normalized spacial score (nSPS) is 22.7. The van der Waals surface area contributed by atoms with E-state index in [1.54, 1.807) is 0 Å². The van der Waals surface area contributed by atoms with Crippen LogP contribution in [-0.2, 0) is 16.1 Å². The predicted octanol–water partition coefficient (Wildman–Crippen LogP) is 1.36. The fourth-order valence-electron chi connectivity index (χ4n) is 2.63. The molecular formula is C14H21N3O2. The zero-order valence-corrected chi connectivity index (χ0v) is 11.4. The molecule has 2 aliphatic rings. The molecule has 1 saturated heterocycles. The summed E-state index contributed by atoms with van der Waals surface area (Å²) < 4.78 is 7.60. The Hall–Kier alpha value is -1.36. The maximum Gasteiger partial charge on any atom is 0.249 e. The summed E-state index contributed by atoms with van der Waals surface area (Å²) in [5.74, 6) is 1.86. The van der Waals surface area contributed by atoms with Crippen molar-refractivity contribution < 1.29 is 9.53 Å². The third-order valence-corrected chi connectivity index (χ3v) is 3.89. The molecule has 1 atom stereocenters. The second kappa shape index (κ2) is 5.33. The Kier molecular flexibility index (Phi) is 3.55. The molecular weight excluding hydrogens is 242 g/mol. The van der Waals surface area contributed by atoms with Crippen LogP contribution < -0.4 is 5.32 Å². The second-order valence-corrected chi connectivity index (χ2v) is 5.48. The minimum absolute atomic E-state index is 0.0308. The number of nitrogens with zero attached hydrogens (tertiary/aromatic N) is 2. The third-order valence-electron chi connectivity index (χ3n) is 3.89. The first-order chi connectivity index (χ1) is 9.25. The molecule has 2 fully saturated rings. The van der Waals surface area contributed by atoms with Gasteiger partial charge in [0.2, 0.25) is 5.91 Å². The van der Waals surface area contributed by atoms with Gasteiger partial charge in [0.05, 0.1) is 0 Å². The first-order valence-corrected chi connectivity index (χ1v) is 7.17. The molecule has 1 aromatic heterocycles. The van der Waals surface area contributed by atoms with Crippen molar-refractivity contribution in [3.63, 3.8) is 0 Å². The lowest BCUT2D eigenvalue weighted by molar-refractivity contribution is -0.130. The Balaban J connectivity index is 1.51. The number of imidazole rings is 1. The number of aryl methyl sites for hydroxylation is 1. The molecule has 1 aliphatic heterocycles. The lowest BCUT2D eigenvalue weighted by Crippen LogP contribution is -2.36. The van der Waals surface area contributed by atoms with E-state index in [-0.39, 0.29) is 12.0 Å². The van der Waals surface area contributed by atoms with Crippen LogP contribution in [0.25, 0.3) is 0 Å².